The molecule has 9 aliphatic rings. The minimum absolute atomic E-state index is 0.00447. The Labute approximate surface area is 763 Å². The summed E-state index contributed by atoms with van der Waals surface area (Å²) in [4.78, 5) is 222. The predicted octanol–water partition coefficient (Wildman–Crippen LogP) is -2.75. The van der Waals surface area contributed by atoms with Gasteiger partial charge in [-0.1, -0.05) is 77.6 Å². The van der Waals surface area contributed by atoms with Crippen LogP contribution in [0.2, 0.25) is 0 Å². The highest BCUT2D eigenvalue weighted by atomic mass is 32.2. The van der Waals surface area contributed by atoms with Crippen LogP contribution in [0.5, 0.6) is 0 Å². The molecule has 0 spiro atoms. The Morgan fingerprint density at radius 1 is 0.566 bits per heavy atom. The van der Waals surface area contributed by atoms with E-state index >= 15 is 47.9 Å². The van der Waals surface area contributed by atoms with E-state index in [1.807, 2.05) is 25.1 Å². The Bertz CT molecular complexity index is 4040. The maximum absolute atomic E-state index is 15.6. The number of aliphatic hydroxyl groups is 3. The summed E-state index contributed by atoms with van der Waals surface area (Å²) in [6.07, 6.45) is 3.54. The number of thioether (sulfide) groups is 2. The zero-order chi connectivity index (χ0) is 93.3. The number of primary amides is 1. The summed E-state index contributed by atoms with van der Waals surface area (Å²) in [7, 11) is 0. The highest BCUT2D eigenvalue weighted by molar-refractivity contribution is 7.98. The first-order valence-corrected chi connectivity index (χ1v) is 48.9. The number of nitrogens with zero attached hydrogens (tertiary/aromatic N) is 1. The summed E-state index contributed by atoms with van der Waals surface area (Å²) >= 11 is 2.52. The van der Waals surface area contributed by atoms with Crippen LogP contribution in [0.1, 0.15) is 207 Å². The van der Waals surface area contributed by atoms with Gasteiger partial charge in [0.15, 0.2) is 0 Å². The maximum Gasteiger partial charge on any atom is 0.303 e. The highest BCUT2D eigenvalue weighted by Crippen LogP contribution is 2.36. The third kappa shape index (κ3) is 30.1. The quantitative estimate of drug-likeness (QED) is 0.0629. The number of piperidine rings is 2. The summed E-state index contributed by atoms with van der Waals surface area (Å²) in [5, 5.41) is 97.7. The summed E-state index contributed by atoms with van der Waals surface area (Å²) in [6.45, 7) is 13.6. The van der Waals surface area contributed by atoms with Crippen molar-refractivity contribution in [2.24, 2.45) is 46.7 Å². The molecule has 8 fully saturated rings. The molecule has 7 unspecified atom stereocenters. The zero-order valence-corrected chi connectivity index (χ0v) is 77.2. The molecule has 7 heterocycles. The van der Waals surface area contributed by atoms with Crippen LogP contribution < -0.4 is 101 Å². The molecule has 2 bridgehead atoms. The SMILES string of the molecule is CCC[C@H](NC(C)=O)C(=O)N[C@H]1CSCc2cccc(c2)CSC[C@@H](C(N)=O)NC(=O)[C@H]([C@@H](C)O)NC(=O)[C@H](C2CCCCC2)NC(=O)[C@H](CC2CNC3NCCCC23)NC(=O)[C@H](CC2CNCN2)NC(=O)[C@H](CCC(=O)O)NC(=O)[C@H](CC2CNC3NCCCC23)NC(=O)[C@H]([C@@H](C)O)NC(=O)[C@@H]2CCCN2C(=O)[C@H](CC2CCC(O)CC2)NC(=O)[C@H](C(C)(C)C)NC1=O. The van der Waals surface area contributed by atoms with Crippen LogP contribution in [0.25, 0.3) is 0 Å². The Balaban J connectivity index is 0.997. The van der Waals surface area contributed by atoms with E-state index < -0.39 is 216 Å². The molecular formula is C88H142N20O19S2. The van der Waals surface area contributed by atoms with Gasteiger partial charge in [0.2, 0.25) is 82.7 Å². The third-order valence-electron chi connectivity index (χ3n) is 26.8. The second-order valence-corrected chi connectivity index (χ2v) is 40.0. The molecule has 129 heavy (non-hydrogen) atoms. The molecule has 41 heteroatoms. The van der Waals surface area contributed by atoms with E-state index in [0.29, 0.717) is 90.6 Å². The number of rotatable bonds is 20. The van der Waals surface area contributed by atoms with Crippen molar-refractivity contribution in [3.8, 4) is 0 Å². The third-order valence-corrected chi connectivity index (χ3v) is 29.1. The number of hydrogen-bond acceptors (Lipinski definition) is 26. The average molecular weight is 1850 g/mol. The Morgan fingerprint density at radius 3 is 1.67 bits per heavy atom. The van der Waals surface area contributed by atoms with Gasteiger partial charge in [0.05, 0.1) is 30.6 Å². The lowest BCUT2D eigenvalue weighted by molar-refractivity contribution is -0.144. The number of carbonyl (C=O) groups excluding carboxylic acids is 14. The zero-order valence-electron chi connectivity index (χ0n) is 75.5. The summed E-state index contributed by atoms with van der Waals surface area (Å²) in [6, 6.07) is -11.9. The minimum Gasteiger partial charge on any atom is -0.481 e. The maximum atomic E-state index is 15.6. The van der Waals surface area contributed by atoms with Gasteiger partial charge in [0.25, 0.3) is 0 Å². The van der Waals surface area contributed by atoms with E-state index in [1.54, 1.807) is 26.8 Å². The van der Waals surface area contributed by atoms with Gasteiger partial charge < -0.3 is 127 Å². The van der Waals surface area contributed by atoms with Gasteiger partial charge in [-0.3, -0.25) is 71.9 Å². The molecule has 7 aliphatic heterocycles. The van der Waals surface area contributed by atoms with E-state index in [4.69, 9.17) is 5.73 Å². The van der Waals surface area contributed by atoms with Crippen LogP contribution in [0.4, 0.5) is 0 Å². The molecule has 14 amide bonds. The average Bonchev–Trinajstić information content (AvgIpc) is 1.69. The number of carboxylic acid groups (broad SMARTS) is 1. The fourth-order valence-corrected chi connectivity index (χ4v) is 21.7. The van der Waals surface area contributed by atoms with Crippen LogP contribution >= 0.6 is 23.5 Å². The van der Waals surface area contributed by atoms with Crippen molar-refractivity contribution >= 4 is 112 Å². The van der Waals surface area contributed by atoms with Gasteiger partial charge in [-0.05, 0) is 208 Å². The smallest absolute Gasteiger partial charge is 0.303 e. The van der Waals surface area contributed by atoms with Crippen molar-refractivity contribution in [2.45, 2.75) is 323 Å². The number of fused-ring (bicyclic) bond motifs is 5. The molecule has 0 aromatic heterocycles. The molecule has 6 saturated heterocycles. The van der Waals surface area contributed by atoms with Crippen molar-refractivity contribution in [3.63, 3.8) is 0 Å². The van der Waals surface area contributed by atoms with E-state index in [1.165, 1.54) is 49.2 Å². The van der Waals surface area contributed by atoms with Crippen LogP contribution in [-0.4, -0.2) is 287 Å². The topological polar surface area (TPSA) is 583 Å². The standard InChI is InChI=1S/C88H142N20O19S2/c1-8-16-59(96-48(4)111)76(116)103-66-44-129-42-51-18-12-17-50(33-51)41-128-43-65(73(89)115)102-84(124)70(47(3)110)105-85(125)71(52-19-10-9-11-20-52)106-80(120)62(36-54-39-94-75-58(54)22-14-31-92-75)98-79(119)63(37-55-40-90-45-95-55)99-77(117)60(28-29-68(113)114)97-78(118)61(35-53-38-93-74-57(53)21-13-30-91-74)100-83(123)69(46(2)109)104-82(122)67-23-15-32-108(67)87(127)64(34-49-24-26-56(112)27-25-49)101-86(126)72(88(5,6)7)107-81(66)121/h12,17-18,33,46-47,49,52-67,69-72,74-75,90-95,109-110,112H,8-11,13-16,19-32,34-45H2,1-7H3,(H2,89,115)(H,96,111)(H,97,118)(H,98,119)(H,99,117)(H,100,123)(H,101,126)(H,102,124)(H,103,116)(H,104,122)(H,105,125)(H,106,120)(H,107,121)(H,113,114)/t46-,47-,49?,53?,54?,55?,56?,57?,58?,59+,60+,61+,62+,63+,64+,65+,66+,67+,69+,70+,71+,72-,74?,75?/m1/s1. The molecular weight excluding hydrogens is 1710 g/mol. The Morgan fingerprint density at radius 2 is 1.12 bits per heavy atom. The first-order chi connectivity index (χ1) is 61.5. The fraction of sp³-hybridized carbons (Fsp3) is 0.761. The lowest BCUT2D eigenvalue weighted by Crippen LogP contribution is -2.63. The van der Waals surface area contributed by atoms with Crippen LogP contribution in [0.3, 0.4) is 0 Å². The largest absolute Gasteiger partial charge is 0.481 e. The first-order valence-electron chi connectivity index (χ1n) is 46.6. The molecule has 2 aliphatic carbocycles. The number of carboxylic acids is 1. The monoisotopic (exact) mass is 1850 g/mol. The predicted molar refractivity (Wildman–Crippen MR) is 481 cm³/mol. The number of aliphatic hydroxyl groups excluding tert-OH is 3. The summed E-state index contributed by atoms with van der Waals surface area (Å²) in [5.74, 6) is -13.9. The van der Waals surface area contributed by atoms with Gasteiger partial charge in [-0.2, -0.15) is 23.5 Å². The Kier molecular flexibility index (Phi) is 39.3. The van der Waals surface area contributed by atoms with Crippen LogP contribution in [-0.2, 0) is 83.4 Å². The fourth-order valence-electron chi connectivity index (χ4n) is 19.7. The number of nitrogens with one attached hydrogen (secondary N) is 18. The lowest BCUT2D eigenvalue weighted by atomic mass is 9.82. The highest BCUT2D eigenvalue weighted by Gasteiger charge is 2.48. The van der Waals surface area contributed by atoms with E-state index in [-0.39, 0.29) is 116 Å². The summed E-state index contributed by atoms with van der Waals surface area (Å²) < 4.78 is 0. The second-order valence-electron chi connectivity index (χ2n) is 38.0. The van der Waals surface area contributed by atoms with Crippen molar-refractivity contribution in [1.29, 1.82) is 0 Å². The van der Waals surface area contributed by atoms with E-state index in [0.717, 1.165) is 49.8 Å². The van der Waals surface area contributed by atoms with Gasteiger partial charge in [0.1, 0.15) is 78.5 Å². The molecule has 39 nitrogen and oxygen atoms in total. The van der Waals surface area contributed by atoms with Crippen LogP contribution in [0, 0.1) is 40.9 Å². The number of hydrogen-bond donors (Lipinski definition) is 23. The van der Waals surface area contributed by atoms with E-state index in [2.05, 4.69) is 95.7 Å². The number of benzene rings is 1. The Hall–Kier alpha value is -8.39. The number of nitrogens with two attached hydrogens (primary N) is 1. The minimum atomic E-state index is -1.81. The molecule has 2 saturated carbocycles. The van der Waals surface area contributed by atoms with Crippen molar-refractivity contribution in [2.75, 3.05) is 57.4 Å². The van der Waals surface area contributed by atoms with Crippen molar-refractivity contribution in [1.82, 2.24) is 101 Å². The number of aliphatic carboxylic acids is 1. The first kappa shape index (κ1) is 103. The second kappa shape index (κ2) is 49.4. The number of carbonyl (C=O) groups is 15. The van der Waals surface area contributed by atoms with Gasteiger partial charge in [-0.15, -0.1) is 0 Å². The molecule has 1 aromatic carbocycles. The van der Waals surface area contributed by atoms with Gasteiger partial charge >= 0.3 is 5.97 Å². The molecule has 10 rings (SSSR count). The van der Waals surface area contributed by atoms with Crippen molar-refractivity contribution in [3.05, 3.63) is 35.4 Å². The van der Waals surface area contributed by atoms with Gasteiger partial charge in [-0.25, -0.2) is 0 Å². The molecule has 0 radical (unpaired) electrons. The summed E-state index contributed by atoms with van der Waals surface area (Å²) in [5.41, 5.74) is 6.42. The van der Waals surface area contributed by atoms with Crippen LogP contribution in [0.15, 0.2) is 24.3 Å². The molecule has 22 atom stereocenters. The van der Waals surface area contributed by atoms with E-state index in [9.17, 15) is 44.4 Å². The lowest BCUT2D eigenvalue weighted by Gasteiger charge is -2.36. The molecule has 720 valence electrons. The molecule has 24 N–H and O–H groups in total. The molecule has 1 aromatic rings. The number of amides is 14. The normalized spacial score (nSPS) is 33.0. The van der Waals surface area contributed by atoms with Gasteiger partial charge in [0, 0.05) is 62.2 Å². The van der Waals surface area contributed by atoms with Crippen molar-refractivity contribution < 1.29 is 92.3 Å².